The number of hydrogen-bond donors (Lipinski definition) is 0. The van der Waals surface area contributed by atoms with E-state index in [-0.39, 0.29) is 11.4 Å². The van der Waals surface area contributed by atoms with E-state index < -0.39 is 9.85 Å². The van der Waals surface area contributed by atoms with Crippen molar-refractivity contribution in [2.75, 3.05) is 6.54 Å². The molecule has 2 heterocycles. The van der Waals surface area contributed by atoms with Gasteiger partial charge in [-0.15, -0.1) is 0 Å². The standard InChI is InChI=1S/C17H17N5O4/c23-21(24)14-4-3-12(16(7-14)22(25)26)9-20-6-5-15-13(10-20)8-18-17(19-15)11-1-2-11/h3-4,7-8,11H,1-2,5-6,9-10H2. The number of nitro benzene ring substituents is 2. The highest BCUT2D eigenvalue weighted by Crippen LogP contribution is 2.38. The van der Waals surface area contributed by atoms with E-state index in [4.69, 9.17) is 0 Å². The second kappa shape index (κ2) is 6.41. The first-order chi connectivity index (χ1) is 12.5. The molecule has 2 aliphatic rings. The molecule has 1 aromatic carbocycles. The van der Waals surface area contributed by atoms with Crippen molar-refractivity contribution >= 4 is 11.4 Å². The molecule has 1 aliphatic heterocycles. The van der Waals surface area contributed by atoms with E-state index in [1.54, 1.807) is 0 Å². The van der Waals surface area contributed by atoms with Crippen molar-refractivity contribution < 1.29 is 9.85 Å². The first-order valence-corrected chi connectivity index (χ1v) is 8.50. The summed E-state index contributed by atoms with van der Waals surface area (Å²) in [4.78, 5) is 32.2. The molecule has 0 unspecified atom stereocenters. The predicted octanol–water partition coefficient (Wildman–Crippen LogP) is 2.73. The highest BCUT2D eigenvalue weighted by Gasteiger charge is 2.29. The summed E-state index contributed by atoms with van der Waals surface area (Å²) in [5.41, 5.74) is 2.09. The lowest BCUT2D eigenvalue weighted by atomic mass is 10.1. The molecule has 0 amide bonds. The number of benzene rings is 1. The molecular weight excluding hydrogens is 338 g/mol. The van der Waals surface area contributed by atoms with E-state index >= 15 is 0 Å². The lowest BCUT2D eigenvalue weighted by Crippen LogP contribution is -2.31. The number of fused-ring (bicyclic) bond motifs is 1. The molecule has 1 saturated carbocycles. The Labute approximate surface area is 149 Å². The van der Waals surface area contributed by atoms with Crippen molar-refractivity contribution in [2.24, 2.45) is 0 Å². The van der Waals surface area contributed by atoms with E-state index in [0.29, 0.717) is 24.6 Å². The number of hydrogen-bond acceptors (Lipinski definition) is 7. The quantitative estimate of drug-likeness (QED) is 0.598. The second-order valence-electron chi connectivity index (χ2n) is 6.76. The van der Waals surface area contributed by atoms with Crippen LogP contribution < -0.4 is 0 Å². The summed E-state index contributed by atoms with van der Waals surface area (Å²) in [5, 5.41) is 22.1. The molecule has 9 nitrogen and oxygen atoms in total. The lowest BCUT2D eigenvalue weighted by molar-refractivity contribution is -0.394. The van der Waals surface area contributed by atoms with Crippen LogP contribution in [0.1, 0.15) is 41.4 Å². The maximum absolute atomic E-state index is 11.3. The van der Waals surface area contributed by atoms with Gasteiger partial charge in [-0.05, 0) is 18.9 Å². The molecule has 0 N–H and O–H groups in total. The van der Waals surface area contributed by atoms with Gasteiger partial charge < -0.3 is 0 Å². The summed E-state index contributed by atoms with van der Waals surface area (Å²) < 4.78 is 0. The van der Waals surface area contributed by atoms with E-state index in [0.717, 1.165) is 49.0 Å². The minimum Gasteiger partial charge on any atom is -0.294 e. The molecule has 1 aromatic heterocycles. The van der Waals surface area contributed by atoms with Crippen molar-refractivity contribution in [1.82, 2.24) is 14.9 Å². The maximum atomic E-state index is 11.3. The average Bonchev–Trinajstić information content (AvgIpc) is 3.46. The number of nitro groups is 2. The Bertz CT molecular complexity index is 897. The first kappa shape index (κ1) is 16.5. The lowest BCUT2D eigenvalue weighted by Gasteiger charge is -2.28. The van der Waals surface area contributed by atoms with Crippen molar-refractivity contribution in [3.8, 4) is 0 Å². The van der Waals surface area contributed by atoms with Crippen molar-refractivity contribution in [2.45, 2.75) is 38.3 Å². The van der Waals surface area contributed by atoms with Crippen LogP contribution in [0.5, 0.6) is 0 Å². The van der Waals surface area contributed by atoms with Crippen molar-refractivity contribution in [3.63, 3.8) is 0 Å². The Morgan fingerprint density at radius 3 is 2.69 bits per heavy atom. The van der Waals surface area contributed by atoms with Crippen LogP contribution in [0.3, 0.4) is 0 Å². The SMILES string of the molecule is O=[N+]([O-])c1ccc(CN2CCc3nc(C4CC4)ncc3C2)c([N+](=O)[O-])c1. The van der Waals surface area contributed by atoms with Gasteiger partial charge in [-0.2, -0.15) is 0 Å². The molecule has 4 rings (SSSR count). The van der Waals surface area contributed by atoms with Crippen molar-refractivity contribution in [1.29, 1.82) is 0 Å². The third-order valence-electron chi connectivity index (χ3n) is 4.84. The Morgan fingerprint density at radius 1 is 1.19 bits per heavy atom. The topological polar surface area (TPSA) is 115 Å². The molecule has 0 radical (unpaired) electrons. The third kappa shape index (κ3) is 3.25. The zero-order chi connectivity index (χ0) is 18.3. The van der Waals surface area contributed by atoms with Gasteiger partial charge in [0.05, 0.1) is 15.9 Å². The molecule has 1 fully saturated rings. The Kier molecular flexibility index (Phi) is 4.08. The van der Waals surface area contributed by atoms with E-state index in [1.165, 1.54) is 12.1 Å². The van der Waals surface area contributed by atoms with Gasteiger partial charge in [0, 0.05) is 61.1 Å². The monoisotopic (exact) mass is 355 g/mol. The van der Waals surface area contributed by atoms with Gasteiger partial charge in [-0.1, -0.05) is 0 Å². The van der Waals surface area contributed by atoms with Crippen LogP contribution in [-0.4, -0.2) is 31.3 Å². The van der Waals surface area contributed by atoms with Crippen LogP contribution in [0.25, 0.3) is 0 Å². The summed E-state index contributed by atoms with van der Waals surface area (Å²) in [6.45, 7) is 1.72. The Balaban J connectivity index is 1.53. The smallest absolute Gasteiger partial charge is 0.280 e. The molecule has 134 valence electrons. The van der Waals surface area contributed by atoms with Crippen LogP contribution >= 0.6 is 0 Å². The minimum absolute atomic E-state index is 0.217. The summed E-state index contributed by atoms with van der Waals surface area (Å²) in [7, 11) is 0. The van der Waals surface area contributed by atoms with Crippen molar-refractivity contribution in [3.05, 3.63) is 67.3 Å². The normalized spacial score (nSPS) is 16.9. The summed E-state index contributed by atoms with van der Waals surface area (Å²) >= 11 is 0. The zero-order valence-corrected chi connectivity index (χ0v) is 14.0. The van der Waals surface area contributed by atoms with Gasteiger partial charge in [-0.3, -0.25) is 25.1 Å². The molecule has 0 saturated heterocycles. The highest BCUT2D eigenvalue weighted by atomic mass is 16.6. The fourth-order valence-corrected chi connectivity index (χ4v) is 3.27. The molecular formula is C17H17N5O4. The fraction of sp³-hybridized carbons (Fsp3) is 0.412. The predicted molar refractivity (Wildman–Crippen MR) is 91.6 cm³/mol. The molecule has 0 spiro atoms. The van der Waals surface area contributed by atoms with Crippen LogP contribution in [0.15, 0.2) is 24.4 Å². The van der Waals surface area contributed by atoms with Crippen LogP contribution in [0.2, 0.25) is 0 Å². The van der Waals surface area contributed by atoms with Crippen LogP contribution in [0.4, 0.5) is 11.4 Å². The summed E-state index contributed by atoms with van der Waals surface area (Å²) in [6.07, 6.45) is 4.97. The Hall–Kier alpha value is -2.94. The number of rotatable bonds is 5. The summed E-state index contributed by atoms with van der Waals surface area (Å²) in [6, 6.07) is 3.81. The minimum atomic E-state index is -0.622. The largest absolute Gasteiger partial charge is 0.294 e. The highest BCUT2D eigenvalue weighted by molar-refractivity contribution is 5.49. The maximum Gasteiger partial charge on any atom is 0.280 e. The van der Waals surface area contributed by atoms with Gasteiger partial charge in [0.2, 0.25) is 0 Å². The molecule has 26 heavy (non-hydrogen) atoms. The number of aromatic nitrogens is 2. The number of non-ortho nitro benzene ring substituents is 1. The Morgan fingerprint density at radius 2 is 2.00 bits per heavy atom. The van der Waals surface area contributed by atoms with E-state index in [1.807, 2.05) is 6.20 Å². The first-order valence-electron chi connectivity index (χ1n) is 8.50. The van der Waals surface area contributed by atoms with Gasteiger partial charge in [0.15, 0.2) is 0 Å². The average molecular weight is 355 g/mol. The van der Waals surface area contributed by atoms with E-state index in [9.17, 15) is 20.2 Å². The second-order valence-corrected chi connectivity index (χ2v) is 6.76. The van der Waals surface area contributed by atoms with Crippen LogP contribution in [-0.2, 0) is 19.5 Å². The van der Waals surface area contributed by atoms with E-state index in [2.05, 4.69) is 14.9 Å². The summed E-state index contributed by atoms with van der Waals surface area (Å²) in [5.74, 6) is 1.45. The molecule has 2 aromatic rings. The van der Waals surface area contributed by atoms with Gasteiger partial charge in [-0.25, -0.2) is 9.97 Å². The van der Waals surface area contributed by atoms with Gasteiger partial charge in [0.25, 0.3) is 11.4 Å². The van der Waals surface area contributed by atoms with Crippen LogP contribution in [0, 0.1) is 20.2 Å². The number of nitrogens with zero attached hydrogens (tertiary/aromatic N) is 5. The van der Waals surface area contributed by atoms with Gasteiger partial charge >= 0.3 is 0 Å². The van der Waals surface area contributed by atoms with Gasteiger partial charge in [0.1, 0.15) is 5.82 Å². The third-order valence-corrected chi connectivity index (χ3v) is 4.84. The molecule has 9 heteroatoms. The molecule has 0 atom stereocenters. The zero-order valence-electron chi connectivity index (χ0n) is 14.0. The molecule has 1 aliphatic carbocycles. The molecule has 0 bridgehead atoms. The fourth-order valence-electron chi connectivity index (χ4n) is 3.27.